The number of anilines is 4. The van der Waals surface area contributed by atoms with Gasteiger partial charge in [-0.15, -0.1) is 12.6 Å². The fraction of sp³-hybridized carbons (Fsp3) is 0.478. The Morgan fingerprint density at radius 1 is 1.26 bits per heavy atom. The number of nitrogens with one attached hydrogen (secondary N) is 1. The van der Waals surface area contributed by atoms with E-state index in [1.807, 2.05) is 13.8 Å². The zero-order chi connectivity index (χ0) is 25.0. The van der Waals surface area contributed by atoms with Gasteiger partial charge in [-0.1, -0.05) is 26.7 Å². The van der Waals surface area contributed by atoms with Gasteiger partial charge in [-0.2, -0.15) is 13.8 Å². The molecule has 4 rings (SSSR count). The average molecular weight is 494 g/mol. The highest BCUT2D eigenvalue weighted by molar-refractivity contribution is 7.97. The van der Waals surface area contributed by atoms with E-state index in [2.05, 4.69) is 27.9 Å². The third-order valence-electron chi connectivity index (χ3n) is 5.83. The van der Waals surface area contributed by atoms with Gasteiger partial charge in [-0.05, 0) is 31.0 Å². The number of amides is 1. The second kappa shape index (κ2) is 10.5. The molecule has 1 aromatic heterocycles. The van der Waals surface area contributed by atoms with Crippen molar-refractivity contribution in [2.24, 2.45) is 0 Å². The van der Waals surface area contributed by atoms with Crippen LogP contribution in [0.3, 0.4) is 0 Å². The average Bonchev–Trinajstić information content (AvgIpc) is 3.35. The van der Waals surface area contributed by atoms with Crippen molar-refractivity contribution in [1.82, 2.24) is 9.97 Å². The van der Waals surface area contributed by atoms with E-state index in [0.29, 0.717) is 17.0 Å². The minimum absolute atomic E-state index is 0.128. The first-order chi connectivity index (χ1) is 16.2. The van der Waals surface area contributed by atoms with E-state index >= 15 is 0 Å². The van der Waals surface area contributed by atoms with E-state index in [1.54, 1.807) is 12.1 Å². The van der Waals surface area contributed by atoms with Crippen LogP contribution in [0, 0.1) is 0 Å². The third kappa shape index (κ3) is 5.08. The van der Waals surface area contributed by atoms with Crippen LogP contribution in [0.5, 0.6) is 5.75 Å². The van der Waals surface area contributed by atoms with Crippen molar-refractivity contribution in [3.8, 4) is 5.75 Å². The summed E-state index contributed by atoms with van der Waals surface area (Å²) >= 11 is 3.82. The lowest BCUT2D eigenvalue weighted by Gasteiger charge is -2.31. The Morgan fingerprint density at radius 3 is 2.56 bits per heavy atom. The quantitative estimate of drug-likeness (QED) is 0.585. The van der Waals surface area contributed by atoms with Crippen LogP contribution in [0.2, 0.25) is 0 Å². The molecule has 11 heteroatoms. The molecule has 0 bridgehead atoms. The molecule has 1 aliphatic carbocycles. The summed E-state index contributed by atoms with van der Waals surface area (Å²) in [7, 11) is 2.76. The lowest BCUT2D eigenvalue weighted by molar-refractivity contribution is -0.140. The number of hydrogen-bond acceptors (Lipinski definition) is 7. The highest BCUT2D eigenvalue weighted by Gasteiger charge is 2.48. The van der Waals surface area contributed by atoms with Crippen LogP contribution >= 0.6 is 12.6 Å². The summed E-state index contributed by atoms with van der Waals surface area (Å²) in [5.41, 5.74) is 1.07. The number of nitrogens with zero attached hydrogens (tertiary/aromatic N) is 4. The molecule has 2 aromatic rings. The minimum Gasteiger partial charge on any atom is -0.495 e. The number of halogens is 2. The number of hydrogen-bond donors (Lipinski definition) is 2. The number of benzene rings is 1. The van der Waals surface area contributed by atoms with Crippen LogP contribution in [0.4, 0.5) is 31.9 Å². The van der Waals surface area contributed by atoms with E-state index < -0.39 is 23.5 Å². The van der Waals surface area contributed by atoms with E-state index in [9.17, 15) is 18.4 Å². The van der Waals surface area contributed by atoms with E-state index in [-0.39, 0.29) is 23.5 Å². The molecule has 0 spiro atoms. The van der Waals surface area contributed by atoms with Crippen molar-refractivity contribution in [3.63, 3.8) is 0 Å². The highest BCUT2D eigenvalue weighted by Crippen LogP contribution is 2.40. The van der Waals surface area contributed by atoms with Crippen LogP contribution in [-0.4, -0.2) is 53.7 Å². The van der Waals surface area contributed by atoms with Gasteiger partial charge in [0.2, 0.25) is 11.1 Å². The van der Waals surface area contributed by atoms with E-state index in [0.717, 1.165) is 30.6 Å². The monoisotopic (exact) mass is 493 g/mol. The van der Waals surface area contributed by atoms with Crippen LogP contribution in [0.25, 0.3) is 0 Å². The van der Waals surface area contributed by atoms with Crippen LogP contribution in [0.15, 0.2) is 24.4 Å². The van der Waals surface area contributed by atoms with Gasteiger partial charge < -0.3 is 19.9 Å². The molecule has 1 fully saturated rings. The summed E-state index contributed by atoms with van der Waals surface area (Å²) in [6.07, 6.45) is 4.76. The topological polar surface area (TPSA) is 87.7 Å². The molecule has 1 aliphatic heterocycles. The van der Waals surface area contributed by atoms with E-state index in [4.69, 9.17) is 4.74 Å². The first-order valence-corrected chi connectivity index (χ1v) is 11.6. The second-order valence-corrected chi connectivity index (χ2v) is 8.29. The Labute approximate surface area is 203 Å². The van der Waals surface area contributed by atoms with Crippen molar-refractivity contribution >= 4 is 46.8 Å². The van der Waals surface area contributed by atoms with Gasteiger partial charge in [0.05, 0.1) is 25.5 Å². The fourth-order valence-corrected chi connectivity index (χ4v) is 4.29. The molecule has 0 atom stereocenters. The van der Waals surface area contributed by atoms with Crippen molar-refractivity contribution in [3.05, 3.63) is 30.0 Å². The van der Waals surface area contributed by atoms with Crippen molar-refractivity contribution in [1.29, 1.82) is 0 Å². The summed E-state index contributed by atoms with van der Waals surface area (Å²) in [5, 5.41) is 2.61. The number of carbonyl (C=O) groups is 2. The summed E-state index contributed by atoms with van der Waals surface area (Å²) < 4.78 is 34.7. The summed E-state index contributed by atoms with van der Waals surface area (Å²) in [5.74, 6) is -4.01. The van der Waals surface area contributed by atoms with Crippen LogP contribution in [0.1, 0.15) is 49.9 Å². The Balaban J connectivity index is 0.00000158. The molecule has 0 saturated heterocycles. The molecule has 1 saturated carbocycles. The molecule has 8 nitrogen and oxygen atoms in total. The zero-order valence-corrected chi connectivity index (χ0v) is 20.5. The number of fused-ring (bicyclic) bond motifs is 1. The van der Waals surface area contributed by atoms with Gasteiger partial charge in [0.15, 0.2) is 5.82 Å². The first-order valence-electron chi connectivity index (χ1n) is 11.2. The summed E-state index contributed by atoms with van der Waals surface area (Å²) in [6, 6.07) is 4.59. The lowest BCUT2D eigenvalue weighted by Crippen LogP contribution is -2.48. The fourth-order valence-electron chi connectivity index (χ4n) is 4.15. The maximum atomic E-state index is 14.7. The number of aromatic nitrogens is 2. The number of alkyl halides is 2. The molecule has 0 radical (unpaired) electrons. The third-order valence-corrected chi connectivity index (χ3v) is 6.09. The predicted molar refractivity (Wildman–Crippen MR) is 131 cm³/mol. The van der Waals surface area contributed by atoms with Crippen molar-refractivity contribution in [2.75, 3.05) is 35.8 Å². The molecule has 184 valence electrons. The van der Waals surface area contributed by atoms with Crippen molar-refractivity contribution in [2.45, 2.75) is 51.5 Å². The normalized spacial score (nSPS) is 17.4. The molecule has 34 heavy (non-hydrogen) atoms. The van der Waals surface area contributed by atoms with Gasteiger partial charge in [-0.25, -0.2) is 4.98 Å². The number of ether oxygens (including phenoxy) is 1. The smallest absolute Gasteiger partial charge is 0.342 e. The minimum atomic E-state index is -3.54. The number of methoxy groups -OCH3 is 1. The summed E-state index contributed by atoms with van der Waals surface area (Å²) in [6.45, 7) is 3.27. The van der Waals surface area contributed by atoms with Gasteiger partial charge in [0.1, 0.15) is 11.4 Å². The molecule has 1 amide bonds. The molecule has 0 unspecified atom stereocenters. The number of rotatable bonds is 5. The predicted octanol–water partition coefficient (Wildman–Crippen LogP) is 4.69. The number of carbonyl (C=O) groups excluding carboxylic acids is 2. The molecular weight excluding hydrogens is 464 g/mol. The SMILES string of the molecule is CC.COc1cc(C(=O)S)ccc1Nc1ncc2c(n1)N(C1CCCC1)CC(F)(F)C(=O)N2C. The van der Waals surface area contributed by atoms with Gasteiger partial charge in [-0.3, -0.25) is 9.59 Å². The lowest BCUT2D eigenvalue weighted by atomic mass is 10.2. The Morgan fingerprint density at radius 2 is 1.94 bits per heavy atom. The maximum absolute atomic E-state index is 14.7. The van der Waals surface area contributed by atoms with Crippen LogP contribution in [-0.2, 0) is 4.79 Å². The Hall–Kier alpha value is -2.95. The molecule has 1 N–H and O–H groups in total. The zero-order valence-electron chi connectivity index (χ0n) is 19.6. The summed E-state index contributed by atoms with van der Waals surface area (Å²) in [4.78, 5) is 35.1. The maximum Gasteiger partial charge on any atom is 0.342 e. The number of thiol groups is 1. The van der Waals surface area contributed by atoms with Gasteiger partial charge in [0, 0.05) is 18.7 Å². The van der Waals surface area contributed by atoms with E-state index in [1.165, 1.54) is 31.3 Å². The molecule has 1 aromatic carbocycles. The van der Waals surface area contributed by atoms with Crippen molar-refractivity contribution < 1.29 is 23.1 Å². The highest BCUT2D eigenvalue weighted by atomic mass is 32.1. The van der Waals surface area contributed by atoms with Crippen LogP contribution < -0.4 is 19.9 Å². The Bertz CT molecular complexity index is 1060. The molecular formula is C23H29F2N5O3S. The van der Waals surface area contributed by atoms with Gasteiger partial charge >= 0.3 is 5.92 Å². The molecule has 2 heterocycles. The Kier molecular flexibility index (Phi) is 7.96. The largest absolute Gasteiger partial charge is 0.495 e. The van der Waals surface area contributed by atoms with Gasteiger partial charge in [0.25, 0.3) is 5.91 Å². The first kappa shape index (κ1) is 25.7. The second-order valence-electron chi connectivity index (χ2n) is 7.88. The standard InChI is InChI=1S/C21H23F2N5O3S.C2H6/c1-27-15-10-24-20(25-14-8-7-12(18(29)32)9-16(14)31-2)26-17(15)28(13-5-3-4-6-13)11-21(22,23)19(27)30;1-2/h7-10,13H,3-6,11H2,1-2H3,(H,29,32)(H,24,25,26);1-2H3. The molecule has 2 aliphatic rings.